The summed E-state index contributed by atoms with van der Waals surface area (Å²) in [5.74, 6) is 1.37. The van der Waals surface area contributed by atoms with E-state index in [-0.39, 0.29) is 0 Å². The molecule has 0 bridgehead atoms. The van der Waals surface area contributed by atoms with Gasteiger partial charge in [-0.1, -0.05) is 45.4 Å². The van der Waals surface area contributed by atoms with E-state index in [4.69, 9.17) is 16.3 Å². The van der Waals surface area contributed by atoms with E-state index >= 15 is 0 Å². The Morgan fingerprint density at radius 3 is 2.47 bits per heavy atom. The number of halogens is 1. The Morgan fingerprint density at radius 2 is 1.79 bits per heavy atom. The average molecular weight is 284 g/mol. The summed E-state index contributed by atoms with van der Waals surface area (Å²) in [6, 6.07) is 1.92. The number of nitrogens with zero attached hydrogens (tertiary/aromatic N) is 1. The van der Waals surface area contributed by atoms with Gasteiger partial charge in [-0.25, -0.2) is 0 Å². The lowest BCUT2D eigenvalue weighted by molar-refractivity contribution is 0.301. The minimum atomic E-state index is 0.445. The van der Waals surface area contributed by atoms with Crippen molar-refractivity contribution in [1.82, 2.24) is 4.98 Å². The molecule has 0 fully saturated rings. The number of ether oxygens (including phenoxy) is 1. The van der Waals surface area contributed by atoms with E-state index < -0.39 is 0 Å². The van der Waals surface area contributed by atoms with Gasteiger partial charge in [0.05, 0.1) is 18.2 Å². The Balaban J connectivity index is 2.16. The molecule has 0 spiro atoms. The van der Waals surface area contributed by atoms with Crippen molar-refractivity contribution < 1.29 is 4.74 Å². The maximum atomic E-state index is 5.83. The molecule has 1 aromatic heterocycles. The molecule has 3 heteroatoms. The Labute approximate surface area is 122 Å². The molecule has 0 amide bonds. The lowest BCUT2D eigenvalue weighted by Crippen LogP contribution is -2.01. The van der Waals surface area contributed by atoms with Crippen molar-refractivity contribution in [2.75, 3.05) is 6.61 Å². The molecule has 0 saturated heterocycles. The maximum Gasteiger partial charge on any atom is 0.125 e. The van der Waals surface area contributed by atoms with Crippen LogP contribution in [0.25, 0.3) is 0 Å². The van der Waals surface area contributed by atoms with Crippen LogP contribution < -0.4 is 4.74 Å². The third-order valence-corrected chi connectivity index (χ3v) is 3.64. The molecule has 108 valence electrons. The topological polar surface area (TPSA) is 22.1 Å². The summed E-state index contributed by atoms with van der Waals surface area (Å²) >= 11 is 5.83. The highest BCUT2D eigenvalue weighted by atomic mass is 35.5. The first-order chi connectivity index (χ1) is 9.29. The minimum Gasteiger partial charge on any atom is -0.493 e. The number of pyridine rings is 1. The maximum absolute atomic E-state index is 5.83. The molecule has 19 heavy (non-hydrogen) atoms. The van der Waals surface area contributed by atoms with E-state index in [0.29, 0.717) is 5.88 Å². The molecular formula is C16H26ClNO. The minimum absolute atomic E-state index is 0.445. The predicted octanol–water partition coefficient (Wildman–Crippen LogP) is 5.26. The Kier molecular flexibility index (Phi) is 8.64. The van der Waals surface area contributed by atoms with Gasteiger partial charge >= 0.3 is 0 Å². The summed E-state index contributed by atoms with van der Waals surface area (Å²) in [6.07, 6.45) is 10.9. The second-order valence-corrected chi connectivity index (χ2v) is 5.25. The van der Waals surface area contributed by atoms with Gasteiger partial charge < -0.3 is 4.74 Å². The zero-order chi connectivity index (χ0) is 13.9. The summed E-state index contributed by atoms with van der Waals surface area (Å²) in [7, 11) is 0. The van der Waals surface area contributed by atoms with Crippen molar-refractivity contribution in [1.29, 1.82) is 0 Å². The van der Waals surface area contributed by atoms with E-state index in [0.717, 1.165) is 30.0 Å². The molecule has 2 nitrogen and oxygen atoms in total. The van der Waals surface area contributed by atoms with Gasteiger partial charge in [0, 0.05) is 11.8 Å². The normalized spacial score (nSPS) is 10.7. The first kappa shape index (κ1) is 16.3. The van der Waals surface area contributed by atoms with Crippen molar-refractivity contribution >= 4 is 11.6 Å². The number of alkyl halides is 1. The second kappa shape index (κ2) is 10.1. The van der Waals surface area contributed by atoms with Crippen LogP contribution in [0.1, 0.15) is 63.1 Å². The predicted molar refractivity (Wildman–Crippen MR) is 82.0 cm³/mol. The van der Waals surface area contributed by atoms with Crippen molar-refractivity contribution in [3.05, 3.63) is 23.5 Å². The number of hydrogen-bond donors (Lipinski definition) is 0. The monoisotopic (exact) mass is 283 g/mol. The molecule has 0 N–H and O–H groups in total. The molecule has 0 aliphatic carbocycles. The van der Waals surface area contributed by atoms with Crippen LogP contribution in [0.3, 0.4) is 0 Å². The van der Waals surface area contributed by atoms with Crippen LogP contribution in [0, 0.1) is 6.92 Å². The molecular weight excluding hydrogens is 258 g/mol. The van der Waals surface area contributed by atoms with Gasteiger partial charge in [-0.3, -0.25) is 4.98 Å². The highest BCUT2D eigenvalue weighted by Gasteiger charge is 2.05. The van der Waals surface area contributed by atoms with Gasteiger partial charge in [0.25, 0.3) is 0 Å². The first-order valence-electron chi connectivity index (χ1n) is 7.42. The van der Waals surface area contributed by atoms with Gasteiger partial charge in [-0.15, -0.1) is 11.6 Å². The quantitative estimate of drug-likeness (QED) is 0.432. The van der Waals surface area contributed by atoms with Gasteiger partial charge in [0.2, 0.25) is 0 Å². The standard InChI is InChI=1S/C16H26ClNO/c1-3-4-5-6-7-8-9-12-19-16-10-11-18-15(13-17)14(16)2/h10-11H,3-9,12-13H2,1-2H3. The summed E-state index contributed by atoms with van der Waals surface area (Å²) in [6.45, 7) is 5.06. The van der Waals surface area contributed by atoms with Crippen molar-refractivity contribution in [3.63, 3.8) is 0 Å². The molecule has 0 unspecified atom stereocenters. The van der Waals surface area contributed by atoms with Crippen molar-refractivity contribution in [3.8, 4) is 5.75 Å². The zero-order valence-electron chi connectivity index (χ0n) is 12.3. The zero-order valence-corrected chi connectivity index (χ0v) is 13.0. The largest absolute Gasteiger partial charge is 0.493 e. The Morgan fingerprint density at radius 1 is 1.11 bits per heavy atom. The highest BCUT2D eigenvalue weighted by molar-refractivity contribution is 6.17. The number of rotatable bonds is 10. The van der Waals surface area contributed by atoms with E-state index in [9.17, 15) is 0 Å². The van der Waals surface area contributed by atoms with Crippen LogP contribution in [0.4, 0.5) is 0 Å². The van der Waals surface area contributed by atoms with E-state index in [1.807, 2.05) is 13.0 Å². The Hall–Kier alpha value is -0.760. The smallest absolute Gasteiger partial charge is 0.125 e. The molecule has 0 saturated carbocycles. The number of unbranched alkanes of at least 4 members (excludes halogenated alkanes) is 6. The van der Waals surface area contributed by atoms with Gasteiger partial charge in [-0.2, -0.15) is 0 Å². The fraction of sp³-hybridized carbons (Fsp3) is 0.688. The fourth-order valence-corrected chi connectivity index (χ4v) is 2.36. The second-order valence-electron chi connectivity index (χ2n) is 4.98. The van der Waals surface area contributed by atoms with E-state index in [1.54, 1.807) is 6.20 Å². The van der Waals surface area contributed by atoms with Crippen LogP contribution >= 0.6 is 11.6 Å². The number of hydrogen-bond acceptors (Lipinski definition) is 2. The summed E-state index contributed by atoms with van der Waals surface area (Å²) in [4.78, 5) is 4.23. The molecule has 0 atom stereocenters. The summed E-state index contributed by atoms with van der Waals surface area (Å²) < 4.78 is 5.81. The molecule has 0 aliphatic heterocycles. The van der Waals surface area contributed by atoms with Crippen LogP contribution in [-0.2, 0) is 5.88 Å². The lowest BCUT2D eigenvalue weighted by atomic mass is 10.1. The van der Waals surface area contributed by atoms with Crippen LogP contribution in [0.15, 0.2) is 12.3 Å². The average Bonchev–Trinajstić information content (AvgIpc) is 2.43. The van der Waals surface area contributed by atoms with Crippen LogP contribution in [0.2, 0.25) is 0 Å². The first-order valence-corrected chi connectivity index (χ1v) is 7.96. The summed E-state index contributed by atoms with van der Waals surface area (Å²) in [5.41, 5.74) is 1.99. The molecule has 1 aromatic rings. The van der Waals surface area contributed by atoms with E-state index in [2.05, 4.69) is 11.9 Å². The molecule has 0 radical (unpaired) electrons. The fourth-order valence-electron chi connectivity index (χ4n) is 2.09. The van der Waals surface area contributed by atoms with Crippen molar-refractivity contribution in [2.24, 2.45) is 0 Å². The summed E-state index contributed by atoms with van der Waals surface area (Å²) in [5, 5.41) is 0. The SMILES string of the molecule is CCCCCCCCCOc1ccnc(CCl)c1C. The Bertz CT molecular complexity index is 355. The molecule has 0 aliphatic rings. The highest BCUT2D eigenvalue weighted by Crippen LogP contribution is 2.21. The van der Waals surface area contributed by atoms with E-state index in [1.165, 1.54) is 38.5 Å². The van der Waals surface area contributed by atoms with Gasteiger partial charge in [0.1, 0.15) is 5.75 Å². The molecule has 0 aromatic carbocycles. The van der Waals surface area contributed by atoms with Crippen molar-refractivity contribution in [2.45, 2.75) is 64.7 Å². The molecule has 1 rings (SSSR count). The third kappa shape index (κ3) is 6.29. The number of aromatic nitrogens is 1. The molecule has 1 heterocycles. The van der Waals surface area contributed by atoms with Crippen LogP contribution in [0.5, 0.6) is 5.75 Å². The van der Waals surface area contributed by atoms with Gasteiger partial charge in [-0.05, 0) is 19.4 Å². The lowest BCUT2D eigenvalue weighted by Gasteiger charge is -2.10. The van der Waals surface area contributed by atoms with Gasteiger partial charge in [0.15, 0.2) is 0 Å². The third-order valence-electron chi connectivity index (χ3n) is 3.39. The van der Waals surface area contributed by atoms with Crippen LogP contribution in [-0.4, -0.2) is 11.6 Å².